The SMILES string of the molecule is CCOC(=O)C(CCC(=O)c1ccc(NC)cc1)NC(=O)OCc1ccccc1. The van der Waals surface area contributed by atoms with Gasteiger partial charge in [0, 0.05) is 24.7 Å². The molecule has 2 aromatic rings. The van der Waals surface area contributed by atoms with Crippen LogP contribution in [0.25, 0.3) is 0 Å². The molecule has 7 nitrogen and oxygen atoms in total. The summed E-state index contributed by atoms with van der Waals surface area (Å²) in [5.74, 6) is -0.719. The van der Waals surface area contributed by atoms with Gasteiger partial charge in [-0.2, -0.15) is 0 Å². The van der Waals surface area contributed by atoms with Gasteiger partial charge in [-0.15, -0.1) is 0 Å². The van der Waals surface area contributed by atoms with E-state index in [-0.39, 0.29) is 31.8 Å². The van der Waals surface area contributed by atoms with Gasteiger partial charge in [-0.3, -0.25) is 4.79 Å². The number of carbonyl (C=O) groups is 3. The summed E-state index contributed by atoms with van der Waals surface area (Å²) in [5, 5.41) is 5.48. The average Bonchev–Trinajstić information content (AvgIpc) is 2.75. The Labute approximate surface area is 170 Å². The molecular weight excluding hydrogens is 372 g/mol. The number of ether oxygens (including phenoxy) is 2. The minimum atomic E-state index is -0.959. The van der Waals surface area contributed by atoms with Crippen LogP contribution in [0.1, 0.15) is 35.7 Å². The Kier molecular flexibility index (Phi) is 8.69. The van der Waals surface area contributed by atoms with Gasteiger partial charge < -0.3 is 20.1 Å². The lowest BCUT2D eigenvalue weighted by atomic mass is 10.0. The molecule has 1 unspecified atom stereocenters. The average molecular weight is 398 g/mol. The maximum Gasteiger partial charge on any atom is 0.408 e. The first-order valence-corrected chi connectivity index (χ1v) is 9.48. The molecule has 1 atom stereocenters. The molecule has 0 saturated carbocycles. The third kappa shape index (κ3) is 7.29. The number of anilines is 1. The van der Waals surface area contributed by atoms with Crippen molar-refractivity contribution >= 4 is 23.5 Å². The van der Waals surface area contributed by atoms with Gasteiger partial charge in [-0.25, -0.2) is 9.59 Å². The zero-order valence-corrected chi connectivity index (χ0v) is 16.6. The van der Waals surface area contributed by atoms with Crippen molar-refractivity contribution in [1.82, 2.24) is 5.32 Å². The first kappa shape index (κ1) is 21.9. The van der Waals surface area contributed by atoms with Crippen LogP contribution in [-0.4, -0.2) is 37.5 Å². The Morgan fingerprint density at radius 1 is 0.966 bits per heavy atom. The molecule has 2 rings (SSSR count). The van der Waals surface area contributed by atoms with Crippen molar-refractivity contribution in [2.24, 2.45) is 0 Å². The second-order valence-electron chi connectivity index (χ2n) is 6.30. The summed E-state index contributed by atoms with van der Waals surface area (Å²) in [5.41, 5.74) is 2.27. The number of carbonyl (C=O) groups excluding carboxylic acids is 3. The highest BCUT2D eigenvalue weighted by Gasteiger charge is 2.24. The molecule has 0 heterocycles. The molecule has 0 bridgehead atoms. The molecule has 1 amide bonds. The van der Waals surface area contributed by atoms with Crippen molar-refractivity contribution in [2.75, 3.05) is 19.0 Å². The van der Waals surface area contributed by atoms with Gasteiger partial charge >= 0.3 is 12.1 Å². The van der Waals surface area contributed by atoms with E-state index in [1.54, 1.807) is 38.2 Å². The fraction of sp³-hybridized carbons (Fsp3) is 0.318. The number of esters is 1. The molecular formula is C22H26N2O5. The van der Waals surface area contributed by atoms with Crippen molar-refractivity contribution in [1.29, 1.82) is 0 Å². The van der Waals surface area contributed by atoms with Crippen LogP contribution in [0.3, 0.4) is 0 Å². The minimum absolute atomic E-state index is 0.0823. The zero-order chi connectivity index (χ0) is 21.1. The maximum atomic E-state index is 12.4. The van der Waals surface area contributed by atoms with E-state index in [1.807, 2.05) is 30.3 Å². The van der Waals surface area contributed by atoms with Gasteiger partial charge in [0.15, 0.2) is 5.78 Å². The molecule has 2 aromatic carbocycles. The van der Waals surface area contributed by atoms with Gasteiger partial charge in [-0.05, 0) is 43.2 Å². The number of hydrogen-bond acceptors (Lipinski definition) is 6. The predicted octanol–water partition coefficient (Wildman–Crippen LogP) is 3.55. The van der Waals surface area contributed by atoms with Crippen LogP contribution in [0.5, 0.6) is 0 Å². The summed E-state index contributed by atoms with van der Waals surface area (Å²) < 4.78 is 10.2. The standard InChI is InChI=1S/C22H26N2O5/c1-3-28-21(26)19(24-22(27)29-15-16-7-5-4-6-8-16)13-14-20(25)17-9-11-18(23-2)12-10-17/h4-12,19,23H,3,13-15H2,1-2H3,(H,24,27). The molecule has 0 radical (unpaired) electrons. The van der Waals surface area contributed by atoms with E-state index in [0.717, 1.165) is 11.3 Å². The van der Waals surface area contributed by atoms with Gasteiger partial charge in [-0.1, -0.05) is 30.3 Å². The Morgan fingerprint density at radius 2 is 1.66 bits per heavy atom. The van der Waals surface area contributed by atoms with Gasteiger partial charge in [0.1, 0.15) is 12.6 Å². The molecule has 29 heavy (non-hydrogen) atoms. The summed E-state index contributed by atoms with van der Waals surface area (Å²) in [6.07, 6.45) is -0.537. The Hall–Kier alpha value is -3.35. The molecule has 0 aliphatic rings. The van der Waals surface area contributed by atoms with E-state index < -0.39 is 18.1 Å². The third-order valence-corrected chi connectivity index (χ3v) is 4.23. The molecule has 0 fully saturated rings. The Morgan fingerprint density at radius 3 is 2.28 bits per heavy atom. The number of ketones is 1. The molecule has 0 aromatic heterocycles. The molecule has 0 spiro atoms. The highest BCUT2D eigenvalue weighted by atomic mass is 16.6. The monoisotopic (exact) mass is 398 g/mol. The first-order valence-electron chi connectivity index (χ1n) is 9.48. The topological polar surface area (TPSA) is 93.7 Å². The van der Waals surface area contributed by atoms with Crippen LogP contribution in [-0.2, 0) is 20.9 Å². The minimum Gasteiger partial charge on any atom is -0.464 e. The Balaban J connectivity index is 1.91. The summed E-state index contributed by atoms with van der Waals surface area (Å²) >= 11 is 0. The summed E-state index contributed by atoms with van der Waals surface area (Å²) in [6.45, 7) is 1.94. The highest BCUT2D eigenvalue weighted by Crippen LogP contribution is 2.13. The summed E-state index contributed by atoms with van der Waals surface area (Å²) in [7, 11) is 1.79. The van der Waals surface area contributed by atoms with E-state index in [1.165, 1.54) is 0 Å². The van der Waals surface area contributed by atoms with Crippen LogP contribution in [0.4, 0.5) is 10.5 Å². The fourth-order valence-electron chi connectivity index (χ4n) is 2.64. The van der Waals surface area contributed by atoms with Gasteiger partial charge in [0.05, 0.1) is 6.61 Å². The van der Waals surface area contributed by atoms with Crippen molar-refractivity contribution in [2.45, 2.75) is 32.4 Å². The number of Topliss-reactive ketones (excluding diaryl/α,β-unsaturated/α-hetero) is 1. The van der Waals surface area contributed by atoms with Crippen molar-refractivity contribution in [3.8, 4) is 0 Å². The lowest BCUT2D eigenvalue weighted by Gasteiger charge is -2.17. The second-order valence-corrected chi connectivity index (χ2v) is 6.30. The van der Waals surface area contributed by atoms with Gasteiger partial charge in [0.2, 0.25) is 0 Å². The quantitative estimate of drug-likeness (QED) is 0.470. The molecule has 154 valence electrons. The van der Waals surface area contributed by atoms with Crippen LogP contribution < -0.4 is 10.6 Å². The maximum absolute atomic E-state index is 12.4. The Bertz CT molecular complexity index is 806. The summed E-state index contributed by atoms with van der Waals surface area (Å²) in [4.78, 5) is 36.7. The number of rotatable bonds is 10. The fourth-order valence-corrected chi connectivity index (χ4v) is 2.64. The molecule has 0 aliphatic heterocycles. The smallest absolute Gasteiger partial charge is 0.408 e. The van der Waals surface area contributed by atoms with E-state index in [9.17, 15) is 14.4 Å². The normalized spacial score (nSPS) is 11.2. The largest absolute Gasteiger partial charge is 0.464 e. The number of benzene rings is 2. The number of nitrogens with one attached hydrogen (secondary N) is 2. The second kappa shape index (κ2) is 11.5. The van der Waals surface area contributed by atoms with E-state index >= 15 is 0 Å². The first-order chi connectivity index (χ1) is 14.0. The third-order valence-electron chi connectivity index (χ3n) is 4.23. The van der Waals surface area contributed by atoms with Crippen molar-refractivity contribution in [3.63, 3.8) is 0 Å². The van der Waals surface area contributed by atoms with Crippen LogP contribution in [0.2, 0.25) is 0 Å². The lowest BCUT2D eigenvalue weighted by Crippen LogP contribution is -2.42. The number of amides is 1. The van der Waals surface area contributed by atoms with Crippen LogP contribution in [0.15, 0.2) is 54.6 Å². The van der Waals surface area contributed by atoms with E-state index in [2.05, 4.69) is 10.6 Å². The van der Waals surface area contributed by atoms with E-state index in [4.69, 9.17) is 9.47 Å². The molecule has 0 saturated heterocycles. The predicted molar refractivity (Wildman–Crippen MR) is 110 cm³/mol. The van der Waals surface area contributed by atoms with Crippen molar-refractivity contribution < 1.29 is 23.9 Å². The number of hydrogen-bond donors (Lipinski definition) is 2. The molecule has 0 aliphatic carbocycles. The van der Waals surface area contributed by atoms with E-state index in [0.29, 0.717) is 5.56 Å². The van der Waals surface area contributed by atoms with Gasteiger partial charge in [0.25, 0.3) is 0 Å². The van der Waals surface area contributed by atoms with Crippen molar-refractivity contribution in [3.05, 3.63) is 65.7 Å². The highest BCUT2D eigenvalue weighted by molar-refractivity contribution is 5.96. The zero-order valence-electron chi connectivity index (χ0n) is 16.6. The van der Waals surface area contributed by atoms with Crippen LogP contribution >= 0.6 is 0 Å². The molecule has 7 heteroatoms. The summed E-state index contributed by atoms with van der Waals surface area (Å²) in [6, 6.07) is 15.3. The lowest BCUT2D eigenvalue weighted by molar-refractivity contribution is -0.145. The molecule has 2 N–H and O–H groups in total. The number of alkyl carbamates (subject to hydrolysis) is 1. The van der Waals surface area contributed by atoms with Crippen LogP contribution in [0, 0.1) is 0 Å².